The van der Waals surface area contributed by atoms with Crippen LogP contribution in [0.5, 0.6) is 0 Å². The third-order valence-electron chi connectivity index (χ3n) is 12.7. The number of Topliss-reactive ketones (excluding diaryl/α,β-unsaturated/α-hetero) is 1. The van der Waals surface area contributed by atoms with Crippen LogP contribution in [-0.2, 0) is 4.79 Å². The molecule has 0 spiro atoms. The average molecular weight is 496 g/mol. The second-order valence-corrected chi connectivity index (χ2v) is 15.8. The zero-order valence-corrected chi connectivity index (χ0v) is 23.6. The van der Waals surface area contributed by atoms with E-state index in [9.17, 15) is 4.79 Å². The predicted octanol–water partition coefficient (Wildman–Crippen LogP) is 9.10. The molecule has 3 heteroatoms. The van der Waals surface area contributed by atoms with Crippen LogP contribution in [0.3, 0.4) is 0 Å². The standard InChI is InChI=1S/C30H48Cl2O/c1-18(2)8-7-9-19(3)22-12-13-23-21-11-10-20-16-29(6)25(26(33)30(29,31)32)17-28(20,5)24(21)14-15-27(22,23)4/h18-25H,7-17H2,1-6H3. The van der Waals surface area contributed by atoms with Gasteiger partial charge in [-0.1, -0.05) is 84.0 Å². The van der Waals surface area contributed by atoms with Gasteiger partial charge in [0.15, 0.2) is 10.1 Å². The Morgan fingerprint density at radius 2 is 1.58 bits per heavy atom. The third-order valence-corrected chi connectivity index (χ3v) is 13.9. The molecule has 10 atom stereocenters. The number of hydrogen-bond acceptors (Lipinski definition) is 1. The quantitative estimate of drug-likeness (QED) is 0.348. The van der Waals surface area contributed by atoms with Gasteiger partial charge >= 0.3 is 0 Å². The fourth-order valence-corrected chi connectivity index (χ4v) is 11.4. The number of ketones is 1. The minimum Gasteiger partial charge on any atom is -0.296 e. The van der Waals surface area contributed by atoms with Crippen molar-refractivity contribution in [1.82, 2.24) is 0 Å². The van der Waals surface area contributed by atoms with Crippen LogP contribution in [-0.4, -0.2) is 10.1 Å². The second kappa shape index (κ2) is 8.13. The fraction of sp³-hybridized carbons (Fsp3) is 0.967. The predicted molar refractivity (Wildman–Crippen MR) is 139 cm³/mol. The van der Waals surface area contributed by atoms with Crippen LogP contribution >= 0.6 is 23.2 Å². The van der Waals surface area contributed by atoms with Crippen molar-refractivity contribution in [3.8, 4) is 0 Å². The summed E-state index contributed by atoms with van der Waals surface area (Å²) in [6.07, 6.45) is 14.7. The first kappa shape index (κ1) is 24.9. The van der Waals surface area contributed by atoms with Crippen molar-refractivity contribution < 1.29 is 4.79 Å². The molecule has 0 heterocycles. The van der Waals surface area contributed by atoms with Crippen molar-refractivity contribution >= 4 is 29.0 Å². The molecule has 0 N–H and O–H groups in total. The van der Waals surface area contributed by atoms with E-state index in [1.54, 1.807) is 0 Å². The van der Waals surface area contributed by atoms with Gasteiger partial charge in [-0.15, -0.1) is 0 Å². The van der Waals surface area contributed by atoms with Crippen LogP contribution in [0.25, 0.3) is 0 Å². The Hall–Kier alpha value is 0.250. The van der Waals surface area contributed by atoms with Crippen LogP contribution in [0.4, 0.5) is 0 Å². The zero-order chi connectivity index (χ0) is 24.0. The minimum atomic E-state index is -1.15. The van der Waals surface area contributed by atoms with Gasteiger partial charge in [0.05, 0.1) is 0 Å². The smallest absolute Gasteiger partial charge is 0.182 e. The van der Waals surface area contributed by atoms with Crippen molar-refractivity contribution in [1.29, 1.82) is 0 Å². The topological polar surface area (TPSA) is 17.1 Å². The number of alkyl halides is 2. The second-order valence-electron chi connectivity index (χ2n) is 14.5. The van der Waals surface area contributed by atoms with Crippen molar-refractivity contribution in [2.24, 2.45) is 63.6 Å². The van der Waals surface area contributed by atoms with E-state index in [2.05, 4.69) is 41.5 Å². The molecule has 1 nitrogen and oxygen atoms in total. The lowest BCUT2D eigenvalue weighted by Gasteiger charge is -2.68. The number of hydrogen-bond donors (Lipinski definition) is 0. The molecule has 0 amide bonds. The van der Waals surface area contributed by atoms with Crippen LogP contribution in [0.1, 0.15) is 112 Å². The lowest BCUT2D eigenvalue weighted by molar-refractivity contribution is -0.183. The van der Waals surface area contributed by atoms with E-state index in [4.69, 9.17) is 23.2 Å². The molecule has 0 bridgehead atoms. The molecule has 188 valence electrons. The van der Waals surface area contributed by atoms with Gasteiger partial charge in [0.2, 0.25) is 0 Å². The number of rotatable bonds is 5. The van der Waals surface area contributed by atoms with Crippen molar-refractivity contribution in [3.05, 3.63) is 0 Å². The van der Waals surface area contributed by atoms with Gasteiger partial charge in [-0.25, -0.2) is 0 Å². The summed E-state index contributed by atoms with van der Waals surface area (Å²) in [5.41, 5.74) is 0.630. The lowest BCUT2D eigenvalue weighted by atomic mass is 9.38. The van der Waals surface area contributed by atoms with E-state index in [-0.39, 0.29) is 17.1 Å². The summed E-state index contributed by atoms with van der Waals surface area (Å²) in [6, 6.07) is 0. The van der Waals surface area contributed by atoms with Gasteiger partial charge in [-0.2, -0.15) is 0 Å². The average Bonchev–Trinajstić information content (AvgIpc) is 3.10. The minimum absolute atomic E-state index is 0.0816. The highest BCUT2D eigenvalue weighted by molar-refractivity contribution is 6.61. The maximum absolute atomic E-state index is 12.9. The van der Waals surface area contributed by atoms with Crippen molar-refractivity contribution in [3.63, 3.8) is 0 Å². The van der Waals surface area contributed by atoms with Crippen LogP contribution in [0.2, 0.25) is 0 Å². The molecule has 5 saturated carbocycles. The maximum Gasteiger partial charge on any atom is 0.182 e. The molecule has 0 saturated heterocycles. The van der Waals surface area contributed by atoms with E-state index in [0.29, 0.717) is 16.7 Å². The van der Waals surface area contributed by atoms with Gasteiger partial charge < -0.3 is 0 Å². The Balaban J connectivity index is 1.33. The Morgan fingerprint density at radius 1 is 0.879 bits per heavy atom. The summed E-state index contributed by atoms with van der Waals surface area (Å²) in [5, 5.41) is 0. The largest absolute Gasteiger partial charge is 0.296 e. The molecule has 0 aromatic carbocycles. The molecule has 5 aliphatic rings. The Labute approximate surface area is 213 Å². The number of halogens is 2. The molecule has 5 aliphatic carbocycles. The normalized spacial score (nSPS) is 51.2. The molecule has 33 heavy (non-hydrogen) atoms. The molecule has 10 unspecified atom stereocenters. The summed E-state index contributed by atoms with van der Waals surface area (Å²) >= 11 is 13.2. The Kier molecular flexibility index (Phi) is 6.14. The van der Waals surface area contributed by atoms with E-state index < -0.39 is 4.33 Å². The van der Waals surface area contributed by atoms with Crippen LogP contribution in [0, 0.1) is 63.6 Å². The highest BCUT2D eigenvalue weighted by Crippen LogP contribution is 2.74. The monoisotopic (exact) mass is 494 g/mol. The molecule has 0 radical (unpaired) electrons. The lowest BCUT2D eigenvalue weighted by Crippen LogP contribution is -2.70. The molecular formula is C30H48Cl2O. The Bertz CT molecular complexity index is 790. The molecule has 0 aromatic rings. The van der Waals surface area contributed by atoms with Crippen LogP contribution in [0.15, 0.2) is 0 Å². The van der Waals surface area contributed by atoms with Gasteiger partial charge in [0.1, 0.15) is 0 Å². The highest BCUT2D eigenvalue weighted by Gasteiger charge is 2.74. The van der Waals surface area contributed by atoms with Gasteiger partial charge in [0, 0.05) is 11.3 Å². The van der Waals surface area contributed by atoms with Crippen molar-refractivity contribution in [2.75, 3.05) is 0 Å². The van der Waals surface area contributed by atoms with E-state index in [1.807, 2.05) is 0 Å². The third kappa shape index (κ3) is 3.39. The van der Waals surface area contributed by atoms with Gasteiger partial charge in [0.25, 0.3) is 0 Å². The van der Waals surface area contributed by atoms with E-state index in [1.165, 1.54) is 57.8 Å². The molecule has 5 fully saturated rings. The molecule has 0 aliphatic heterocycles. The van der Waals surface area contributed by atoms with Crippen molar-refractivity contribution in [2.45, 2.75) is 117 Å². The van der Waals surface area contributed by atoms with Gasteiger partial charge in [-0.05, 0) is 104 Å². The summed E-state index contributed by atoms with van der Waals surface area (Å²) in [5.74, 6) is 6.06. The first-order valence-corrected chi connectivity index (χ1v) is 15.0. The summed E-state index contributed by atoms with van der Waals surface area (Å²) in [4.78, 5) is 12.9. The zero-order valence-electron chi connectivity index (χ0n) is 22.1. The Morgan fingerprint density at radius 3 is 2.27 bits per heavy atom. The highest BCUT2D eigenvalue weighted by atomic mass is 35.5. The van der Waals surface area contributed by atoms with Crippen LogP contribution < -0.4 is 0 Å². The molecule has 0 aromatic heterocycles. The number of fused-ring (bicyclic) bond motifs is 6. The van der Waals surface area contributed by atoms with Gasteiger partial charge in [-0.3, -0.25) is 4.79 Å². The first-order valence-electron chi connectivity index (χ1n) is 14.3. The summed E-state index contributed by atoms with van der Waals surface area (Å²) in [6.45, 7) is 14.7. The first-order chi connectivity index (χ1) is 15.4. The van der Waals surface area contributed by atoms with E-state index >= 15 is 0 Å². The fourth-order valence-electron chi connectivity index (χ4n) is 10.7. The number of carbonyl (C=O) groups excluding carboxylic acids is 1. The maximum atomic E-state index is 12.9. The molecule has 5 rings (SSSR count). The molecular weight excluding hydrogens is 447 g/mol. The SMILES string of the molecule is CC(C)CCCC(C)C1CCC2C3CCC4CC5(C)C(CC4(C)C3CCC12C)C(=O)C5(Cl)Cl. The number of carbonyl (C=O) groups is 1. The summed E-state index contributed by atoms with van der Waals surface area (Å²) < 4.78 is -1.15. The van der Waals surface area contributed by atoms with E-state index in [0.717, 1.165) is 48.3 Å². The summed E-state index contributed by atoms with van der Waals surface area (Å²) in [7, 11) is 0.